The van der Waals surface area contributed by atoms with Crippen LogP contribution in [0.1, 0.15) is 40.2 Å². The number of imide groups is 2. The second kappa shape index (κ2) is 12.8. The van der Waals surface area contributed by atoms with Crippen LogP contribution >= 0.6 is 11.6 Å². The molecule has 9 rings (SSSR count). The fourth-order valence-corrected chi connectivity index (χ4v) is 9.78. The molecule has 280 valence electrons. The summed E-state index contributed by atoms with van der Waals surface area (Å²) in [5.41, 5.74) is 2.46. The van der Waals surface area contributed by atoms with Gasteiger partial charge in [0, 0.05) is 22.6 Å². The van der Waals surface area contributed by atoms with Gasteiger partial charge in [0.15, 0.2) is 0 Å². The van der Waals surface area contributed by atoms with E-state index in [1.54, 1.807) is 36.4 Å². The Kier molecular flexibility index (Phi) is 8.03. The van der Waals surface area contributed by atoms with Gasteiger partial charge in [-0.1, -0.05) is 65.7 Å². The minimum Gasteiger partial charge on any atom is -0.508 e. The molecule has 11 nitrogen and oxygen atoms in total. The first-order valence-corrected chi connectivity index (χ1v) is 18.3. The highest BCUT2D eigenvalue weighted by Crippen LogP contribution is 2.65. The van der Waals surface area contributed by atoms with E-state index >= 15 is 4.79 Å². The number of halogens is 2. The molecular formula is C43H31ClFN3O8. The SMILES string of the molecule is O=C(O)c1ccc(N2C(=O)C3CC=C4C(CC5C(=O)N(Nc6ccc(F)cc6)C(=O)C5(c5ccc(Cl)cc5)C4c4c(O)ccc5ccccc45)C3C2=O)cc1O. The summed E-state index contributed by atoms with van der Waals surface area (Å²) in [7, 11) is 0. The fraction of sp³-hybridized carbons (Fsp3) is 0.186. The number of nitrogens with zero attached hydrogens (tertiary/aromatic N) is 2. The number of carboxylic acid groups (broad SMARTS) is 1. The van der Waals surface area contributed by atoms with Crippen molar-refractivity contribution < 1.29 is 43.7 Å². The van der Waals surface area contributed by atoms with E-state index in [0.29, 0.717) is 27.1 Å². The maximum atomic E-state index is 15.5. The van der Waals surface area contributed by atoms with E-state index in [9.17, 15) is 38.9 Å². The smallest absolute Gasteiger partial charge is 0.339 e. The van der Waals surface area contributed by atoms with Crippen LogP contribution in [0, 0.1) is 29.5 Å². The third kappa shape index (κ3) is 4.98. The van der Waals surface area contributed by atoms with Gasteiger partial charge in [0.1, 0.15) is 22.9 Å². The number of phenolic OH excluding ortho intramolecular Hbond substituents is 1. The number of allylic oxidation sites excluding steroid dienone is 2. The van der Waals surface area contributed by atoms with Crippen molar-refractivity contribution in [1.29, 1.82) is 0 Å². The van der Waals surface area contributed by atoms with Gasteiger partial charge in [0.05, 0.1) is 34.5 Å². The van der Waals surface area contributed by atoms with Crippen molar-refractivity contribution in [3.8, 4) is 11.5 Å². The van der Waals surface area contributed by atoms with E-state index < -0.39 is 81.7 Å². The van der Waals surface area contributed by atoms with Crippen LogP contribution in [0.2, 0.25) is 5.02 Å². The van der Waals surface area contributed by atoms with E-state index in [1.165, 1.54) is 36.4 Å². The highest BCUT2D eigenvalue weighted by molar-refractivity contribution is 6.30. The largest absolute Gasteiger partial charge is 0.508 e. The molecule has 0 bridgehead atoms. The quantitative estimate of drug-likeness (QED) is 0.106. The Balaban J connectivity index is 1.26. The van der Waals surface area contributed by atoms with Crippen LogP contribution < -0.4 is 10.3 Å². The van der Waals surface area contributed by atoms with Crippen LogP contribution in [0.15, 0.2) is 115 Å². The lowest BCUT2D eigenvalue weighted by Crippen LogP contribution is -2.53. The zero-order valence-electron chi connectivity index (χ0n) is 29.2. The molecule has 4 aliphatic rings. The Morgan fingerprint density at radius 1 is 0.821 bits per heavy atom. The molecule has 4 amide bonds. The van der Waals surface area contributed by atoms with Gasteiger partial charge in [-0.15, -0.1) is 0 Å². The van der Waals surface area contributed by atoms with Crippen molar-refractivity contribution in [2.45, 2.75) is 24.2 Å². The molecule has 56 heavy (non-hydrogen) atoms. The average molecular weight is 772 g/mol. The van der Waals surface area contributed by atoms with Gasteiger partial charge in [-0.2, -0.15) is 5.01 Å². The van der Waals surface area contributed by atoms with Gasteiger partial charge in [0.2, 0.25) is 11.8 Å². The maximum absolute atomic E-state index is 15.5. The molecule has 6 atom stereocenters. The van der Waals surface area contributed by atoms with Crippen LogP contribution in [0.5, 0.6) is 11.5 Å². The standard InChI is InChI=1S/C43H31ClFN3O8/c44-23-8-6-22(7-9-23)43-32(39(52)48(42(43)56)46-25-12-10-24(45)11-13-25)20-31-28(37(43)36-27-4-2-1-3-21(27)5-18-33(36)49)16-17-30-35(31)40(53)47(38(30)51)26-14-15-29(41(54)55)34(50)19-26/h1-16,18-19,30-32,35,37,46,49-50H,17,20H2,(H,54,55). The summed E-state index contributed by atoms with van der Waals surface area (Å²) in [4.78, 5) is 71.7. The Hall–Kier alpha value is -6.53. The van der Waals surface area contributed by atoms with Gasteiger partial charge in [-0.3, -0.25) is 24.6 Å². The monoisotopic (exact) mass is 771 g/mol. The Morgan fingerprint density at radius 2 is 1.55 bits per heavy atom. The minimum absolute atomic E-state index is 0.00480. The molecule has 3 fully saturated rings. The average Bonchev–Trinajstić information content (AvgIpc) is 3.56. The number of aromatic carboxylic acids is 1. The molecule has 1 saturated carbocycles. The number of hydrogen-bond acceptors (Lipinski definition) is 8. The number of benzene rings is 5. The molecule has 5 aromatic carbocycles. The Morgan fingerprint density at radius 3 is 2.27 bits per heavy atom. The summed E-state index contributed by atoms with van der Waals surface area (Å²) in [6, 6.07) is 25.8. The molecule has 13 heteroatoms. The number of rotatable bonds is 6. The van der Waals surface area contributed by atoms with E-state index in [4.69, 9.17) is 11.6 Å². The van der Waals surface area contributed by atoms with Crippen molar-refractivity contribution >= 4 is 63.3 Å². The van der Waals surface area contributed by atoms with Crippen molar-refractivity contribution in [3.63, 3.8) is 0 Å². The van der Waals surface area contributed by atoms with Crippen LogP contribution in [0.4, 0.5) is 15.8 Å². The number of carbonyl (C=O) groups excluding carboxylic acids is 4. The van der Waals surface area contributed by atoms with Gasteiger partial charge in [-0.25, -0.2) is 14.1 Å². The zero-order valence-corrected chi connectivity index (χ0v) is 30.0. The van der Waals surface area contributed by atoms with E-state index in [-0.39, 0.29) is 30.0 Å². The molecule has 4 N–H and O–H groups in total. The summed E-state index contributed by atoms with van der Waals surface area (Å²) < 4.78 is 13.9. The third-order valence-electron chi connectivity index (χ3n) is 12.0. The summed E-state index contributed by atoms with van der Waals surface area (Å²) in [6.07, 6.45) is 1.89. The molecule has 6 unspecified atom stereocenters. The number of phenols is 2. The highest BCUT2D eigenvalue weighted by Gasteiger charge is 2.71. The van der Waals surface area contributed by atoms with E-state index in [1.807, 2.05) is 24.3 Å². The number of amides is 4. The summed E-state index contributed by atoms with van der Waals surface area (Å²) in [6.45, 7) is 0. The van der Waals surface area contributed by atoms with E-state index in [2.05, 4.69) is 5.43 Å². The van der Waals surface area contributed by atoms with Crippen LogP contribution in [0.25, 0.3) is 10.8 Å². The number of hydrazine groups is 1. The number of anilines is 2. The molecule has 5 aromatic rings. The van der Waals surface area contributed by atoms with Gasteiger partial charge < -0.3 is 15.3 Å². The number of aromatic hydroxyl groups is 2. The van der Waals surface area contributed by atoms with Crippen LogP contribution in [-0.2, 0) is 24.6 Å². The highest BCUT2D eigenvalue weighted by atomic mass is 35.5. The number of nitrogens with one attached hydrogen (secondary N) is 1. The second-order valence-electron chi connectivity index (χ2n) is 14.6. The lowest BCUT2D eigenvalue weighted by atomic mass is 9.48. The van der Waals surface area contributed by atoms with Gasteiger partial charge in [-0.05, 0) is 89.7 Å². The number of fused-ring (bicyclic) bond motifs is 5. The molecule has 0 spiro atoms. The topological polar surface area (TPSA) is 165 Å². The normalized spacial score (nSPS) is 25.5. The summed E-state index contributed by atoms with van der Waals surface area (Å²) >= 11 is 6.39. The van der Waals surface area contributed by atoms with Crippen LogP contribution in [-0.4, -0.2) is 49.9 Å². The Bertz CT molecular complexity index is 2580. The maximum Gasteiger partial charge on any atom is 0.339 e. The number of carboxylic acids is 1. The molecular weight excluding hydrogens is 741 g/mol. The first kappa shape index (κ1) is 35.2. The lowest BCUT2D eigenvalue weighted by Gasteiger charge is -2.51. The summed E-state index contributed by atoms with van der Waals surface area (Å²) in [5, 5.41) is 34.5. The minimum atomic E-state index is -1.71. The number of carbonyl (C=O) groups is 5. The first-order chi connectivity index (χ1) is 26.9. The third-order valence-corrected chi connectivity index (χ3v) is 12.2. The van der Waals surface area contributed by atoms with Crippen molar-refractivity contribution in [3.05, 3.63) is 142 Å². The predicted molar refractivity (Wildman–Crippen MR) is 202 cm³/mol. The van der Waals surface area contributed by atoms with Crippen molar-refractivity contribution in [1.82, 2.24) is 5.01 Å². The number of hydrogen-bond donors (Lipinski definition) is 4. The molecule has 2 heterocycles. The van der Waals surface area contributed by atoms with Gasteiger partial charge in [0.25, 0.3) is 11.8 Å². The molecule has 0 aromatic heterocycles. The van der Waals surface area contributed by atoms with Crippen molar-refractivity contribution in [2.75, 3.05) is 10.3 Å². The molecule has 2 aliphatic carbocycles. The zero-order chi connectivity index (χ0) is 39.2. The first-order valence-electron chi connectivity index (χ1n) is 17.9. The van der Waals surface area contributed by atoms with Gasteiger partial charge >= 0.3 is 5.97 Å². The second-order valence-corrected chi connectivity index (χ2v) is 15.0. The molecule has 2 aliphatic heterocycles. The summed E-state index contributed by atoms with van der Waals surface area (Å²) in [5.74, 6) is -9.93. The lowest BCUT2D eigenvalue weighted by molar-refractivity contribution is -0.138. The fourth-order valence-electron chi connectivity index (χ4n) is 9.65. The van der Waals surface area contributed by atoms with Crippen LogP contribution in [0.3, 0.4) is 0 Å². The predicted octanol–water partition coefficient (Wildman–Crippen LogP) is 6.93. The molecule has 2 saturated heterocycles. The Labute approximate surface area is 323 Å². The van der Waals surface area contributed by atoms with E-state index in [0.717, 1.165) is 27.4 Å². The van der Waals surface area contributed by atoms with Crippen molar-refractivity contribution in [2.24, 2.45) is 23.7 Å². The molecule has 0 radical (unpaired) electrons.